The molecule has 0 bridgehead atoms. The highest BCUT2D eigenvalue weighted by Gasteiger charge is 2.09. The van der Waals surface area contributed by atoms with Crippen molar-refractivity contribution in [2.45, 2.75) is 0 Å². The summed E-state index contributed by atoms with van der Waals surface area (Å²) in [4.78, 5) is 9.93. The third-order valence-corrected chi connectivity index (χ3v) is 2.62. The van der Waals surface area contributed by atoms with E-state index in [1.54, 1.807) is 7.05 Å². The van der Waals surface area contributed by atoms with Gasteiger partial charge in [-0.25, -0.2) is 14.4 Å². The number of nitrogens with one attached hydrogen (secondary N) is 1. The molecule has 0 saturated carbocycles. The van der Waals surface area contributed by atoms with Crippen molar-refractivity contribution in [2.75, 3.05) is 31.4 Å². The summed E-state index contributed by atoms with van der Waals surface area (Å²) in [5, 5.41) is 2.80. The van der Waals surface area contributed by atoms with Crippen LogP contribution >= 0.6 is 0 Å². The van der Waals surface area contributed by atoms with Crippen LogP contribution in [0.1, 0.15) is 0 Å². The van der Waals surface area contributed by atoms with Crippen molar-refractivity contribution < 1.29 is 4.39 Å². The number of hydrogen-bond acceptors (Lipinski definition) is 4. The summed E-state index contributed by atoms with van der Waals surface area (Å²) >= 11 is 0. The fraction of sp³-hybridized carbons (Fsp3) is 0.231. The minimum Gasteiger partial charge on any atom is -0.378 e. The summed E-state index contributed by atoms with van der Waals surface area (Å²) in [7, 11) is 5.62. The van der Waals surface area contributed by atoms with Gasteiger partial charge in [-0.3, -0.25) is 0 Å². The zero-order valence-electron chi connectivity index (χ0n) is 10.6. The monoisotopic (exact) mass is 246 g/mol. The molecule has 0 radical (unpaired) electrons. The lowest BCUT2D eigenvalue weighted by atomic mass is 10.1. The fourth-order valence-corrected chi connectivity index (χ4v) is 1.61. The molecule has 2 rings (SSSR count). The molecule has 5 heteroatoms. The molecule has 1 N–H and O–H groups in total. The van der Waals surface area contributed by atoms with E-state index in [1.165, 1.54) is 6.20 Å². The van der Waals surface area contributed by atoms with Crippen molar-refractivity contribution in [3.8, 4) is 11.3 Å². The molecule has 2 aromatic rings. The molecule has 1 aromatic heterocycles. The number of hydrogen-bond donors (Lipinski definition) is 1. The highest BCUT2D eigenvalue weighted by molar-refractivity contribution is 5.64. The van der Waals surface area contributed by atoms with Crippen LogP contribution in [-0.2, 0) is 0 Å². The molecule has 0 aliphatic rings. The van der Waals surface area contributed by atoms with Gasteiger partial charge in [0.1, 0.15) is 5.69 Å². The standard InChI is InChI=1S/C13H15FN4/c1-15-13-16-8-11(14)12(17-13)9-4-6-10(7-5-9)18(2)3/h4-8H,1-3H3,(H,15,16,17). The smallest absolute Gasteiger partial charge is 0.223 e. The second kappa shape index (κ2) is 5.00. The van der Waals surface area contributed by atoms with Crippen LogP contribution in [0.2, 0.25) is 0 Å². The lowest BCUT2D eigenvalue weighted by Crippen LogP contribution is -2.08. The number of benzene rings is 1. The van der Waals surface area contributed by atoms with Crippen LogP contribution in [0.4, 0.5) is 16.0 Å². The zero-order chi connectivity index (χ0) is 13.1. The summed E-state index contributed by atoms with van der Waals surface area (Å²) in [6.45, 7) is 0. The lowest BCUT2D eigenvalue weighted by molar-refractivity contribution is 0.619. The first-order valence-corrected chi connectivity index (χ1v) is 5.60. The van der Waals surface area contributed by atoms with Gasteiger partial charge in [-0.2, -0.15) is 0 Å². The topological polar surface area (TPSA) is 41.1 Å². The van der Waals surface area contributed by atoms with E-state index < -0.39 is 5.82 Å². The Morgan fingerprint density at radius 1 is 1.17 bits per heavy atom. The predicted octanol–water partition coefficient (Wildman–Crippen LogP) is 2.39. The largest absolute Gasteiger partial charge is 0.378 e. The number of halogens is 1. The van der Waals surface area contributed by atoms with Gasteiger partial charge in [0, 0.05) is 32.4 Å². The van der Waals surface area contributed by atoms with Gasteiger partial charge in [0.25, 0.3) is 0 Å². The van der Waals surface area contributed by atoms with Gasteiger partial charge in [-0.05, 0) is 12.1 Å². The maximum absolute atomic E-state index is 13.7. The van der Waals surface area contributed by atoms with Crippen LogP contribution in [0, 0.1) is 5.82 Å². The quantitative estimate of drug-likeness (QED) is 0.902. The maximum Gasteiger partial charge on any atom is 0.223 e. The Labute approximate surface area is 105 Å². The van der Waals surface area contributed by atoms with Gasteiger partial charge in [0.2, 0.25) is 5.95 Å². The van der Waals surface area contributed by atoms with E-state index in [4.69, 9.17) is 0 Å². The summed E-state index contributed by atoms with van der Waals surface area (Å²) < 4.78 is 13.7. The summed E-state index contributed by atoms with van der Waals surface area (Å²) in [6.07, 6.45) is 1.17. The summed E-state index contributed by atoms with van der Waals surface area (Å²) in [5.74, 6) is -0.0188. The molecule has 18 heavy (non-hydrogen) atoms. The number of nitrogens with zero attached hydrogens (tertiary/aromatic N) is 3. The molecule has 1 aromatic carbocycles. The van der Waals surface area contributed by atoms with E-state index in [0.717, 1.165) is 11.3 Å². The SMILES string of the molecule is CNc1ncc(F)c(-c2ccc(N(C)C)cc2)n1. The van der Waals surface area contributed by atoms with Gasteiger partial charge in [0.15, 0.2) is 5.82 Å². The highest BCUT2D eigenvalue weighted by Crippen LogP contribution is 2.23. The van der Waals surface area contributed by atoms with Crippen molar-refractivity contribution in [3.63, 3.8) is 0 Å². The molecule has 1 heterocycles. The van der Waals surface area contributed by atoms with Crippen LogP contribution in [0.15, 0.2) is 30.5 Å². The molecular weight excluding hydrogens is 231 g/mol. The van der Waals surface area contributed by atoms with E-state index >= 15 is 0 Å². The number of aromatic nitrogens is 2. The fourth-order valence-electron chi connectivity index (χ4n) is 1.61. The predicted molar refractivity (Wildman–Crippen MR) is 71.3 cm³/mol. The van der Waals surface area contributed by atoms with Crippen molar-refractivity contribution in [3.05, 3.63) is 36.3 Å². The lowest BCUT2D eigenvalue weighted by Gasteiger charge is -2.12. The third-order valence-electron chi connectivity index (χ3n) is 2.62. The Morgan fingerprint density at radius 3 is 2.39 bits per heavy atom. The molecule has 0 saturated heterocycles. The molecule has 0 aliphatic carbocycles. The molecule has 0 unspecified atom stereocenters. The Bertz CT molecular complexity index is 537. The molecule has 0 fully saturated rings. The van der Waals surface area contributed by atoms with Crippen molar-refractivity contribution >= 4 is 11.6 Å². The number of anilines is 2. The Morgan fingerprint density at radius 2 is 1.83 bits per heavy atom. The second-order valence-electron chi connectivity index (χ2n) is 4.08. The van der Waals surface area contributed by atoms with E-state index in [9.17, 15) is 4.39 Å². The molecule has 0 atom stereocenters. The molecule has 0 spiro atoms. The number of rotatable bonds is 3. The van der Waals surface area contributed by atoms with Gasteiger partial charge < -0.3 is 10.2 Å². The summed E-state index contributed by atoms with van der Waals surface area (Å²) in [5.41, 5.74) is 2.10. The molecule has 0 aliphatic heterocycles. The molecule has 4 nitrogen and oxygen atoms in total. The average molecular weight is 246 g/mol. The van der Waals surface area contributed by atoms with Crippen molar-refractivity contribution in [2.24, 2.45) is 0 Å². The average Bonchev–Trinajstić information content (AvgIpc) is 2.39. The first-order valence-electron chi connectivity index (χ1n) is 5.60. The third kappa shape index (κ3) is 2.40. The van der Waals surface area contributed by atoms with Crippen LogP contribution in [0.5, 0.6) is 0 Å². The Balaban J connectivity index is 2.41. The van der Waals surface area contributed by atoms with Crippen LogP contribution in [0.25, 0.3) is 11.3 Å². The van der Waals surface area contributed by atoms with Crippen LogP contribution < -0.4 is 10.2 Å². The van der Waals surface area contributed by atoms with E-state index in [1.807, 2.05) is 43.3 Å². The first-order chi connectivity index (χ1) is 8.61. The molecule has 94 valence electrons. The second-order valence-corrected chi connectivity index (χ2v) is 4.08. The Kier molecular flexibility index (Phi) is 3.41. The first kappa shape index (κ1) is 12.3. The van der Waals surface area contributed by atoms with E-state index in [0.29, 0.717) is 11.6 Å². The molecular formula is C13H15FN4. The van der Waals surface area contributed by atoms with Gasteiger partial charge in [-0.15, -0.1) is 0 Å². The van der Waals surface area contributed by atoms with Crippen molar-refractivity contribution in [1.29, 1.82) is 0 Å². The van der Waals surface area contributed by atoms with Gasteiger partial charge in [-0.1, -0.05) is 12.1 Å². The van der Waals surface area contributed by atoms with Crippen LogP contribution in [-0.4, -0.2) is 31.1 Å². The van der Waals surface area contributed by atoms with Gasteiger partial charge >= 0.3 is 0 Å². The van der Waals surface area contributed by atoms with Crippen molar-refractivity contribution in [1.82, 2.24) is 9.97 Å². The van der Waals surface area contributed by atoms with E-state index in [-0.39, 0.29) is 0 Å². The van der Waals surface area contributed by atoms with Crippen LogP contribution in [0.3, 0.4) is 0 Å². The highest BCUT2D eigenvalue weighted by atomic mass is 19.1. The maximum atomic E-state index is 13.7. The zero-order valence-corrected chi connectivity index (χ0v) is 10.6. The normalized spacial score (nSPS) is 10.2. The minimum absolute atomic E-state index is 0.305. The Hall–Kier alpha value is -2.17. The van der Waals surface area contributed by atoms with Gasteiger partial charge in [0.05, 0.1) is 6.20 Å². The minimum atomic E-state index is -0.424. The molecule has 0 amide bonds. The van der Waals surface area contributed by atoms with E-state index in [2.05, 4.69) is 15.3 Å². The summed E-state index contributed by atoms with van der Waals surface area (Å²) in [6, 6.07) is 7.55.